The smallest absolute Gasteiger partial charge is 0.261 e. The minimum atomic E-state index is -0.527. The summed E-state index contributed by atoms with van der Waals surface area (Å²) in [4.78, 5) is 32.2. The van der Waals surface area contributed by atoms with Crippen LogP contribution in [0, 0.1) is 5.92 Å². The number of hydrogen-bond donors (Lipinski definition) is 3. The van der Waals surface area contributed by atoms with Crippen LogP contribution >= 0.6 is 11.3 Å². The normalized spacial score (nSPS) is 12.1. The van der Waals surface area contributed by atoms with E-state index in [9.17, 15) is 9.59 Å². The number of aromatic nitrogens is 2. The van der Waals surface area contributed by atoms with Crippen LogP contribution in [0.2, 0.25) is 0 Å². The molecular weight excluding hydrogens is 312 g/mol. The molecule has 3 N–H and O–H groups in total. The van der Waals surface area contributed by atoms with E-state index in [4.69, 9.17) is 0 Å². The third-order valence-corrected chi connectivity index (χ3v) is 4.16. The molecule has 0 aliphatic heterocycles. The molecule has 0 aromatic carbocycles. The van der Waals surface area contributed by atoms with E-state index in [-0.39, 0.29) is 11.8 Å². The standard InChI is InChI=1S/C16H22N4O2S/c1-11(2)10-12(20-16(22)13-4-3-9-23-13)15(21)19-6-5-14-17-7-8-18-14/h3-4,7-9,11-12H,5-6,10H2,1-2H3,(H,17,18)(H,19,21)(H,20,22)/t12-/m1/s1. The molecule has 2 aromatic heterocycles. The van der Waals surface area contributed by atoms with Crippen molar-refractivity contribution in [1.29, 1.82) is 0 Å². The first-order valence-corrected chi connectivity index (χ1v) is 8.54. The predicted molar refractivity (Wildman–Crippen MR) is 90.3 cm³/mol. The second-order valence-corrected chi connectivity index (χ2v) is 6.66. The minimum Gasteiger partial charge on any atom is -0.354 e. The largest absolute Gasteiger partial charge is 0.354 e. The average molecular weight is 334 g/mol. The lowest BCUT2D eigenvalue weighted by molar-refractivity contribution is -0.123. The summed E-state index contributed by atoms with van der Waals surface area (Å²) >= 11 is 1.36. The maximum atomic E-state index is 12.4. The van der Waals surface area contributed by atoms with Crippen LogP contribution in [0.3, 0.4) is 0 Å². The number of thiophene rings is 1. The van der Waals surface area contributed by atoms with Crippen molar-refractivity contribution < 1.29 is 9.59 Å². The van der Waals surface area contributed by atoms with Gasteiger partial charge < -0.3 is 15.6 Å². The zero-order valence-corrected chi connectivity index (χ0v) is 14.2. The molecule has 2 heterocycles. The van der Waals surface area contributed by atoms with E-state index >= 15 is 0 Å². The van der Waals surface area contributed by atoms with Crippen molar-refractivity contribution in [2.75, 3.05) is 6.54 Å². The topological polar surface area (TPSA) is 86.9 Å². The predicted octanol–water partition coefficient (Wildman–Crippen LogP) is 1.97. The van der Waals surface area contributed by atoms with Crippen LogP contribution in [0.1, 0.15) is 35.8 Å². The van der Waals surface area contributed by atoms with E-state index in [2.05, 4.69) is 20.6 Å². The van der Waals surface area contributed by atoms with Gasteiger partial charge in [0.25, 0.3) is 5.91 Å². The van der Waals surface area contributed by atoms with E-state index in [0.717, 1.165) is 5.82 Å². The van der Waals surface area contributed by atoms with Gasteiger partial charge in [-0.3, -0.25) is 9.59 Å². The Kier molecular flexibility index (Phi) is 6.34. The highest BCUT2D eigenvalue weighted by Gasteiger charge is 2.22. The molecule has 0 bridgehead atoms. The highest BCUT2D eigenvalue weighted by atomic mass is 32.1. The summed E-state index contributed by atoms with van der Waals surface area (Å²) in [5.41, 5.74) is 0. The van der Waals surface area contributed by atoms with Gasteiger partial charge in [-0.2, -0.15) is 0 Å². The monoisotopic (exact) mass is 334 g/mol. The number of nitrogens with one attached hydrogen (secondary N) is 3. The Balaban J connectivity index is 1.88. The number of H-pyrrole nitrogens is 1. The molecule has 0 spiro atoms. The van der Waals surface area contributed by atoms with E-state index < -0.39 is 6.04 Å². The van der Waals surface area contributed by atoms with Crippen LogP contribution in [0.4, 0.5) is 0 Å². The Labute approximate surface area is 139 Å². The van der Waals surface area contributed by atoms with E-state index in [1.54, 1.807) is 18.5 Å². The molecule has 0 saturated carbocycles. The molecular formula is C16H22N4O2S. The zero-order valence-electron chi connectivity index (χ0n) is 13.3. The fourth-order valence-corrected chi connectivity index (χ4v) is 2.83. The summed E-state index contributed by atoms with van der Waals surface area (Å²) in [7, 11) is 0. The molecule has 7 heteroatoms. The number of carbonyl (C=O) groups excluding carboxylic acids is 2. The third kappa shape index (κ3) is 5.52. The van der Waals surface area contributed by atoms with Crippen LogP contribution in [-0.4, -0.2) is 34.4 Å². The van der Waals surface area contributed by atoms with E-state index in [0.29, 0.717) is 30.2 Å². The van der Waals surface area contributed by atoms with Crippen molar-refractivity contribution in [3.05, 3.63) is 40.6 Å². The zero-order chi connectivity index (χ0) is 16.7. The molecule has 0 aliphatic carbocycles. The summed E-state index contributed by atoms with van der Waals surface area (Å²) in [5, 5.41) is 7.54. The Hall–Kier alpha value is -2.15. The quantitative estimate of drug-likeness (QED) is 0.690. The van der Waals surface area contributed by atoms with Crippen LogP contribution in [0.25, 0.3) is 0 Å². The van der Waals surface area contributed by atoms with Gasteiger partial charge in [0.15, 0.2) is 0 Å². The van der Waals surface area contributed by atoms with Crippen molar-refractivity contribution in [1.82, 2.24) is 20.6 Å². The van der Waals surface area contributed by atoms with E-state index in [1.165, 1.54) is 11.3 Å². The lowest BCUT2D eigenvalue weighted by Gasteiger charge is -2.19. The van der Waals surface area contributed by atoms with Crippen LogP contribution in [0.5, 0.6) is 0 Å². The van der Waals surface area contributed by atoms with Gasteiger partial charge in [-0.15, -0.1) is 11.3 Å². The summed E-state index contributed by atoms with van der Waals surface area (Å²) in [6.45, 7) is 4.54. The second kappa shape index (κ2) is 8.47. The number of carbonyl (C=O) groups is 2. The first-order chi connectivity index (χ1) is 11.1. The van der Waals surface area contributed by atoms with E-state index in [1.807, 2.05) is 25.3 Å². The van der Waals surface area contributed by atoms with Gasteiger partial charge in [0, 0.05) is 25.4 Å². The summed E-state index contributed by atoms with van der Waals surface area (Å²) in [6, 6.07) is 3.04. The summed E-state index contributed by atoms with van der Waals surface area (Å²) in [5.74, 6) is 0.773. The highest BCUT2D eigenvalue weighted by Crippen LogP contribution is 2.10. The molecule has 0 unspecified atom stereocenters. The van der Waals surface area contributed by atoms with Crippen LogP contribution in [0.15, 0.2) is 29.9 Å². The summed E-state index contributed by atoms with van der Waals surface area (Å²) in [6.07, 6.45) is 4.66. The molecule has 0 fully saturated rings. The Morgan fingerprint density at radius 3 is 2.83 bits per heavy atom. The molecule has 0 radical (unpaired) electrons. The molecule has 6 nitrogen and oxygen atoms in total. The highest BCUT2D eigenvalue weighted by molar-refractivity contribution is 7.12. The first-order valence-electron chi connectivity index (χ1n) is 7.66. The molecule has 124 valence electrons. The van der Waals surface area contributed by atoms with Crippen molar-refractivity contribution in [3.63, 3.8) is 0 Å². The van der Waals surface area contributed by atoms with Gasteiger partial charge >= 0.3 is 0 Å². The molecule has 2 aromatic rings. The van der Waals surface area contributed by atoms with Crippen LogP contribution < -0.4 is 10.6 Å². The first kappa shape index (κ1) is 17.2. The van der Waals surface area contributed by atoms with Gasteiger partial charge in [-0.05, 0) is 23.8 Å². The Morgan fingerprint density at radius 2 is 2.22 bits per heavy atom. The third-order valence-electron chi connectivity index (χ3n) is 3.29. The maximum Gasteiger partial charge on any atom is 0.261 e. The van der Waals surface area contributed by atoms with Gasteiger partial charge in [-0.1, -0.05) is 19.9 Å². The molecule has 2 amide bonds. The number of rotatable bonds is 8. The number of amides is 2. The molecule has 0 aliphatic rings. The van der Waals surface area contributed by atoms with Gasteiger partial charge in [-0.25, -0.2) is 4.98 Å². The maximum absolute atomic E-state index is 12.4. The summed E-state index contributed by atoms with van der Waals surface area (Å²) < 4.78 is 0. The van der Waals surface area contributed by atoms with Gasteiger partial charge in [0.05, 0.1) is 4.88 Å². The molecule has 2 rings (SSSR count). The fraction of sp³-hybridized carbons (Fsp3) is 0.438. The lowest BCUT2D eigenvalue weighted by Crippen LogP contribution is -2.47. The average Bonchev–Trinajstić information content (AvgIpc) is 3.19. The minimum absolute atomic E-state index is 0.157. The fourth-order valence-electron chi connectivity index (χ4n) is 2.20. The van der Waals surface area contributed by atoms with Crippen LogP contribution in [-0.2, 0) is 11.2 Å². The number of nitrogens with zero attached hydrogens (tertiary/aromatic N) is 1. The van der Waals surface area contributed by atoms with Crippen molar-refractivity contribution in [2.45, 2.75) is 32.7 Å². The van der Waals surface area contributed by atoms with Crippen molar-refractivity contribution in [3.8, 4) is 0 Å². The number of imidazole rings is 1. The second-order valence-electron chi connectivity index (χ2n) is 5.71. The van der Waals surface area contributed by atoms with Crippen molar-refractivity contribution in [2.24, 2.45) is 5.92 Å². The van der Waals surface area contributed by atoms with Gasteiger partial charge in [0.2, 0.25) is 5.91 Å². The number of aromatic amines is 1. The number of hydrogen-bond acceptors (Lipinski definition) is 4. The lowest BCUT2D eigenvalue weighted by atomic mass is 10.0. The molecule has 1 atom stereocenters. The Morgan fingerprint density at radius 1 is 1.39 bits per heavy atom. The van der Waals surface area contributed by atoms with Gasteiger partial charge in [0.1, 0.15) is 11.9 Å². The SMILES string of the molecule is CC(C)C[C@@H](NC(=O)c1cccs1)C(=O)NCCc1ncc[nH]1. The molecule has 0 saturated heterocycles. The van der Waals surface area contributed by atoms with Crippen molar-refractivity contribution >= 4 is 23.2 Å². The molecule has 23 heavy (non-hydrogen) atoms. The Bertz CT molecular complexity index is 608.